The van der Waals surface area contributed by atoms with Crippen LogP contribution in [-0.2, 0) is 23.8 Å². The Balaban J connectivity index is 1.26. The van der Waals surface area contributed by atoms with Crippen LogP contribution in [0.15, 0.2) is 47.1 Å². The zero-order chi connectivity index (χ0) is 23.4. The Bertz CT molecular complexity index is 1070. The van der Waals surface area contributed by atoms with Crippen LogP contribution in [0.25, 0.3) is 11.4 Å². The number of benzene rings is 1. The monoisotopic (exact) mass is 459 g/mol. The topological polar surface area (TPSA) is 75.4 Å². The van der Waals surface area contributed by atoms with Crippen LogP contribution in [0.1, 0.15) is 30.4 Å². The number of alkyl halides is 3. The normalized spacial score (nSPS) is 14.5. The van der Waals surface area contributed by atoms with Crippen LogP contribution < -0.4 is 4.90 Å². The first kappa shape index (κ1) is 22.8. The summed E-state index contributed by atoms with van der Waals surface area (Å²) in [5.41, 5.74) is 1.31. The molecule has 0 spiro atoms. The van der Waals surface area contributed by atoms with Crippen molar-refractivity contribution in [3.8, 4) is 11.4 Å². The van der Waals surface area contributed by atoms with Crippen molar-refractivity contribution in [2.24, 2.45) is 0 Å². The number of nitrogens with zero attached hydrogens (tertiary/aromatic N) is 5. The van der Waals surface area contributed by atoms with Gasteiger partial charge in [-0.1, -0.05) is 36.3 Å². The Morgan fingerprint density at radius 3 is 2.39 bits per heavy atom. The molecule has 1 saturated heterocycles. The van der Waals surface area contributed by atoms with Crippen LogP contribution in [0, 0.1) is 0 Å². The minimum absolute atomic E-state index is 0.0259. The Labute approximate surface area is 189 Å². The molecule has 1 fully saturated rings. The Hall–Kier alpha value is -3.43. The average molecular weight is 459 g/mol. The maximum absolute atomic E-state index is 12.7. The number of halogens is 3. The molecule has 174 valence electrons. The lowest BCUT2D eigenvalue weighted by molar-refractivity contribution is -0.137. The minimum atomic E-state index is -4.41. The number of aromatic nitrogens is 3. The number of rotatable bonds is 6. The second kappa shape index (κ2) is 9.60. The lowest BCUT2D eigenvalue weighted by Gasteiger charge is -2.35. The maximum Gasteiger partial charge on any atom is 0.417 e. The molecule has 1 aliphatic heterocycles. The molecule has 0 saturated carbocycles. The molecule has 0 radical (unpaired) electrons. The van der Waals surface area contributed by atoms with Gasteiger partial charge in [-0.3, -0.25) is 4.79 Å². The minimum Gasteiger partial charge on any atom is -0.353 e. The Morgan fingerprint density at radius 2 is 1.79 bits per heavy atom. The summed E-state index contributed by atoms with van der Waals surface area (Å²) < 4.78 is 43.4. The van der Waals surface area contributed by atoms with Crippen molar-refractivity contribution < 1.29 is 22.5 Å². The first-order valence-electron chi connectivity index (χ1n) is 10.8. The van der Waals surface area contributed by atoms with Crippen molar-refractivity contribution in [1.29, 1.82) is 0 Å². The number of hydrogen-bond acceptors (Lipinski definition) is 6. The van der Waals surface area contributed by atoms with Gasteiger partial charge in [-0.05, 0) is 24.1 Å². The van der Waals surface area contributed by atoms with E-state index in [1.54, 1.807) is 4.90 Å². The van der Waals surface area contributed by atoms with Crippen molar-refractivity contribution >= 4 is 11.7 Å². The van der Waals surface area contributed by atoms with Gasteiger partial charge in [0.2, 0.25) is 17.6 Å². The maximum atomic E-state index is 12.7. The predicted molar refractivity (Wildman–Crippen MR) is 115 cm³/mol. The third-order valence-corrected chi connectivity index (χ3v) is 5.67. The second-order valence-corrected chi connectivity index (χ2v) is 7.83. The van der Waals surface area contributed by atoms with Crippen LogP contribution in [0.5, 0.6) is 0 Å². The molecule has 4 rings (SSSR count). The largest absolute Gasteiger partial charge is 0.417 e. The molecule has 0 atom stereocenters. The summed E-state index contributed by atoms with van der Waals surface area (Å²) in [7, 11) is 0. The molecule has 7 nitrogen and oxygen atoms in total. The number of carbonyl (C=O) groups excluding carboxylic acids is 1. The van der Waals surface area contributed by atoms with E-state index in [1.165, 1.54) is 11.6 Å². The number of carbonyl (C=O) groups is 1. The van der Waals surface area contributed by atoms with Gasteiger partial charge in [0.15, 0.2) is 0 Å². The zero-order valence-corrected chi connectivity index (χ0v) is 18.2. The number of hydrogen-bond donors (Lipinski definition) is 0. The van der Waals surface area contributed by atoms with Gasteiger partial charge in [0.1, 0.15) is 5.82 Å². The van der Waals surface area contributed by atoms with Crippen LogP contribution >= 0.6 is 0 Å². The van der Waals surface area contributed by atoms with E-state index in [9.17, 15) is 18.0 Å². The summed E-state index contributed by atoms with van der Waals surface area (Å²) in [5, 5.41) is 4.00. The Kier molecular flexibility index (Phi) is 6.62. The van der Waals surface area contributed by atoms with Crippen LogP contribution in [0.3, 0.4) is 0 Å². The van der Waals surface area contributed by atoms with Gasteiger partial charge in [0.05, 0.1) is 5.56 Å². The van der Waals surface area contributed by atoms with E-state index < -0.39 is 11.7 Å². The van der Waals surface area contributed by atoms with Crippen LogP contribution in [0.2, 0.25) is 0 Å². The molecule has 0 unspecified atom stereocenters. The van der Waals surface area contributed by atoms with Crippen molar-refractivity contribution in [3.05, 3.63) is 59.6 Å². The molecule has 1 amide bonds. The molecular weight excluding hydrogens is 435 g/mol. The highest BCUT2D eigenvalue weighted by molar-refractivity contribution is 5.76. The van der Waals surface area contributed by atoms with Gasteiger partial charge >= 0.3 is 6.18 Å². The molecule has 0 aliphatic carbocycles. The summed E-state index contributed by atoms with van der Waals surface area (Å²) in [5.74, 6) is 1.35. The summed E-state index contributed by atoms with van der Waals surface area (Å²) in [4.78, 5) is 24.5. The summed E-state index contributed by atoms with van der Waals surface area (Å²) in [6, 6.07) is 10.3. The van der Waals surface area contributed by atoms with E-state index in [4.69, 9.17) is 4.52 Å². The van der Waals surface area contributed by atoms with Crippen molar-refractivity contribution in [1.82, 2.24) is 20.0 Å². The van der Waals surface area contributed by atoms with E-state index in [1.807, 2.05) is 29.2 Å². The highest BCUT2D eigenvalue weighted by Crippen LogP contribution is 2.29. The lowest BCUT2D eigenvalue weighted by Crippen LogP contribution is -2.49. The smallest absolute Gasteiger partial charge is 0.353 e. The van der Waals surface area contributed by atoms with Crippen molar-refractivity contribution in [3.63, 3.8) is 0 Å². The fraction of sp³-hybridized carbons (Fsp3) is 0.391. The number of aryl methyl sites for hydroxylation is 2. The SMILES string of the molecule is CCc1ccc(-c2noc(CCC(=O)N3CCN(c4ccc(C(F)(F)F)cn4)CC3)n2)cc1. The number of piperazine rings is 1. The highest BCUT2D eigenvalue weighted by atomic mass is 19.4. The zero-order valence-electron chi connectivity index (χ0n) is 18.2. The van der Waals surface area contributed by atoms with E-state index in [0.717, 1.165) is 24.2 Å². The average Bonchev–Trinajstić information content (AvgIpc) is 3.31. The standard InChI is InChI=1S/C23H24F3N5O2/c1-2-16-3-5-17(6-4-16)22-28-20(33-29-22)9-10-21(32)31-13-11-30(12-14-31)19-8-7-18(15-27-19)23(24,25)26/h3-8,15H,2,9-14H2,1H3. The van der Waals surface area contributed by atoms with E-state index >= 15 is 0 Å². The first-order chi connectivity index (χ1) is 15.8. The summed E-state index contributed by atoms with van der Waals surface area (Å²) >= 11 is 0. The Morgan fingerprint density at radius 1 is 1.06 bits per heavy atom. The first-order valence-corrected chi connectivity index (χ1v) is 10.8. The third-order valence-electron chi connectivity index (χ3n) is 5.67. The molecule has 1 aromatic carbocycles. The lowest BCUT2D eigenvalue weighted by atomic mass is 10.1. The fourth-order valence-corrected chi connectivity index (χ4v) is 3.66. The molecule has 2 aromatic heterocycles. The highest BCUT2D eigenvalue weighted by Gasteiger charge is 2.31. The summed E-state index contributed by atoms with van der Waals surface area (Å²) in [6.07, 6.45) is -2.03. The van der Waals surface area contributed by atoms with Crippen molar-refractivity contribution in [2.75, 3.05) is 31.1 Å². The van der Waals surface area contributed by atoms with Gasteiger partial charge in [0, 0.05) is 50.8 Å². The molecular formula is C23H24F3N5O2. The van der Waals surface area contributed by atoms with E-state index in [-0.39, 0.29) is 12.3 Å². The number of anilines is 1. The van der Waals surface area contributed by atoms with Gasteiger partial charge < -0.3 is 14.3 Å². The molecule has 33 heavy (non-hydrogen) atoms. The van der Waals surface area contributed by atoms with Gasteiger partial charge in [-0.25, -0.2) is 4.98 Å². The molecule has 3 heterocycles. The molecule has 0 bridgehead atoms. The summed E-state index contributed by atoms with van der Waals surface area (Å²) in [6.45, 7) is 4.04. The van der Waals surface area contributed by atoms with Gasteiger partial charge in [-0.15, -0.1) is 0 Å². The molecule has 10 heteroatoms. The molecule has 3 aromatic rings. The van der Waals surface area contributed by atoms with Crippen LogP contribution in [0.4, 0.5) is 19.0 Å². The van der Waals surface area contributed by atoms with E-state index in [0.29, 0.717) is 50.1 Å². The van der Waals surface area contributed by atoms with E-state index in [2.05, 4.69) is 22.0 Å². The second-order valence-electron chi connectivity index (χ2n) is 7.83. The van der Waals surface area contributed by atoms with Crippen LogP contribution in [-0.4, -0.2) is 52.1 Å². The quantitative estimate of drug-likeness (QED) is 0.555. The molecule has 1 aliphatic rings. The van der Waals surface area contributed by atoms with Gasteiger partial charge in [0.25, 0.3) is 0 Å². The van der Waals surface area contributed by atoms with Gasteiger partial charge in [-0.2, -0.15) is 18.2 Å². The third kappa shape index (κ3) is 5.50. The van der Waals surface area contributed by atoms with Crippen molar-refractivity contribution in [2.45, 2.75) is 32.4 Å². The number of amides is 1. The number of pyridine rings is 1. The predicted octanol–water partition coefficient (Wildman–Crippen LogP) is 3.99. The molecule has 0 N–H and O–H groups in total. The fourth-order valence-electron chi connectivity index (χ4n) is 3.66.